The number of aliphatic carboxylic acids is 1. The fourth-order valence-electron chi connectivity index (χ4n) is 1.90. The molecule has 0 saturated heterocycles. The van der Waals surface area contributed by atoms with Crippen molar-refractivity contribution in [1.29, 1.82) is 0 Å². The Morgan fingerprint density at radius 2 is 2.10 bits per heavy atom. The van der Waals surface area contributed by atoms with Crippen molar-refractivity contribution in [3.63, 3.8) is 0 Å². The quantitative estimate of drug-likeness (QED) is 0.357. The molecular weight excluding hydrogens is 261 g/mol. The molecule has 5 nitrogen and oxygen atoms in total. The summed E-state index contributed by atoms with van der Waals surface area (Å²) in [7, 11) is 0. The zero-order valence-corrected chi connectivity index (χ0v) is 12.0. The van der Waals surface area contributed by atoms with Crippen molar-refractivity contribution in [2.24, 2.45) is 0 Å². The van der Waals surface area contributed by atoms with Crippen LogP contribution in [0.4, 0.5) is 0 Å². The van der Waals surface area contributed by atoms with Crippen LogP contribution in [-0.4, -0.2) is 15.5 Å². The van der Waals surface area contributed by atoms with Crippen LogP contribution in [0.15, 0.2) is 36.3 Å². The molecule has 0 aliphatic heterocycles. The van der Waals surface area contributed by atoms with Gasteiger partial charge in [-0.05, 0) is 36.0 Å². The molecule has 0 aromatic carbocycles. The molecule has 1 aliphatic carbocycles. The third kappa shape index (κ3) is 4.61. The maximum absolute atomic E-state index is 9.59. The number of rotatable bonds is 3. The van der Waals surface area contributed by atoms with Crippen molar-refractivity contribution in [2.75, 3.05) is 0 Å². The molecule has 3 N–H and O–H groups in total. The van der Waals surface area contributed by atoms with E-state index in [0.717, 1.165) is 11.5 Å². The second-order valence-corrected chi connectivity index (χ2v) is 4.76. The summed E-state index contributed by atoms with van der Waals surface area (Å²) in [6, 6.07) is 6.53. The molecule has 0 bridgehead atoms. The third-order valence-electron chi connectivity index (χ3n) is 3.08. The largest absolute Gasteiger partial charge is 1.00 e. The normalized spacial score (nSPS) is 12.8. The molecule has 3 rings (SSSR count). The Balaban J connectivity index is 0.000000242. The topological polar surface area (TPSA) is 77.5 Å². The van der Waals surface area contributed by atoms with Crippen LogP contribution in [0, 0.1) is 13.5 Å². The average Bonchev–Trinajstić information content (AvgIpc) is 3.19. The van der Waals surface area contributed by atoms with Gasteiger partial charge in [-0.25, -0.2) is 0 Å². The van der Waals surface area contributed by atoms with Crippen LogP contribution in [0.2, 0.25) is 0 Å². The molecule has 0 unspecified atom stereocenters. The van der Waals surface area contributed by atoms with E-state index in [1.54, 1.807) is 0 Å². The molecule has 6 heteroatoms. The Bertz CT molecular complexity index is 647. The van der Waals surface area contributed by atoms with Crippen molar-refractivity contribution in [3.8, 4) is 0 Å². The van der Waals surface area contributed by atoms with E-state index in [2.05, 4.69) is 48.5 Å². The van der Waals surface area contributed by atoms with E-state index in [4.69, 9.17) is 10.9 Å². The molecule has 0 atom stereocenters. The van der Waals surface area contributed by atoms with Crippen LogP contribution in [0.5, 0.6) is 0 Å². The fourth-order valence-corrected chi connectivity index (χ4v) is 1.90. The molecule has 2 aromatic heterocycles. The van der Waals surface area contributed by atoms with E-state index in [-0.39, 0.29) is 18.9 Å². The maximum atomic E-state index is 9.59. The first kappa shape index (κ1) is 17.2. The van der Waals surface area contributed by atoms with Crippen molar-refractivity contribution >= 4 is 11.5 Å². The van der Waals surface area contributed by atoms with Crippen LogP contribution in [0.25, 0.3) is 11.4 Å². The monoisotopic (exact) mass is 277 g/mol. The minimum absolute atomic E-state index is 0. The summed E-state index contributed by atoms with van der Waals surface area (Å²) in [6.45, 7) is 8.56. The van der Waals surface area contributed by atoms with Crippen LogP contribution in [-0.2, 0) is 4.79 Å². The number of hydrogen-bond donors (Lipinski definition) is 2. The van der Waals surface area contributed by atoms with E-state index in [9.17, 15) is 4.79 Å². The van der Waals surface area contributed by atoms with Gasteiger partial charge in [-0.1, -0.05) is 24.0 Å². The summed E-state index contributed by atoms with van der Waals surface area (Å²) in [5, 5.41) is 7.84. The van der Waals surface area contributed by atoms with E-state index >= 15 is 0 Å². The fraction of sp³-hybridized carbons (Fsp3) is 0.200. The van der Waals surface area contributed by atoms with Crippen LogP contribution < -0.4 is 24.3 Å². The van der Waals surface area contributed by atoms with Gasteiger partial charge in [0.25, 0.3) is 0 Å². The molecule has 21 heavy (non-hydrogen) atoms. The minimum Gasteiger partial charge on any atom is -0.589 e. The zero-order valence-electron chi connectivity index (χ0n) is 12.0. The number of pyridine rings is 1. The summed E-state index contributed by atoms with van der Waals surface area (Å²) in [4.78, 5) is 9.59. The SMILES string of the molecule is [CH-]=C(N[NH-])C(=O)O.[CH2-]c1cc2ccc(C3CC3)cn2c1.[Li+]. The van der Waals surface area contributed by atoms with Crippen LogP contribution in [0.1, 0.15) is 29.9 Å². The predicted octanol–water partition coefficient (Wildman–Crippen LogP) is -0.0524. The van der Waals surface area contributed by atoms with Gasteiger partial charge in [-0.15, -0.1) is 6.07 Å². The van der Waals surface area contributed by atoms with Gasteiger partial charge in [-0.2, -0.15) is 12.5 Å². The molecule has 106 valence electrons. The summed E-state index contributed by atoms with van der Waals surface area (Å²) >= 11 is 0. The maximum Gasteiger partial charge on any atom is 1.00 e. The molecule has 1 aliphatic rings. The number of nitrogens with zero attached hydrogens (tertiary/aromatic N) is 1. The van der Waals surface area contributed by atoms with Crippen molar-refractivity contribution in [3.05, 3.63) is 66.8 Å². The average molecular weight is 277 g/mol. The predicted molar refractivity (Wildman–Crippen MR) is 76.7 cm³/mol. The molecule has 1 fully saturated rings. The number of hydrogen-bond acceptors (Lipinski definition) is 2. The number of aromatic nitrogens is 1. The molecule has 0 amide bonds. The van der Waals surface area contributed by atoms with Gasteiger partial charge in [0.15, 0.2) is 5.97 Å². The van der Waals surface area contributed by atoms with Gasteiger partial charge in [0.05, 0.1) is 0 Å². The first-order chi connectivity index (χ1) is 9.51. The van der Waals surface area contributed by atoms with Gasteiger partial charge in [0.1, 0.15) is 0 Å². The minimum atomic E-state index is -1.31. The van der Waals surface area contributed by atoms with Crippen molar-refractivity contribution < 1.29 is 28.8 Å². The molecule has 2 aromatic rings. The van der Waals surface area contributed by atoms with Gasteiger partial charge >= 0.3 is 18.9 Å². The van der Waals surface area contributed by atoms with Crippen LogP contribution in [0.3, 0.4) is 0 Å². The van der Waals surface area contributed by atoms with Gasteiger partial charge in [-0.3, -0.25) is 6.58 Å². The first-order valence-electron chi connectivity index (χ1n) is 6.23. The van der Waals surface area contributed by atoms with E-state index in [1.165, 1.54) is 29.3 Å². The van der Waals surface area contributed by atoms with Gasteiger partial charge < -0.3 is 25.6 Å². The molecule has 2 heterocycles. The van der Waals surface area contributed by atoms with E-state index in [0.29, 0.717) is 0 Å². The molecule has 0 spiro atoms. The summed E-state index contributed by atoms with van der Waals surface area (Å²) in [5.74, 6) is 5.67. The Hall–Kier alpha value is -1.80. The summed E-state index contributed by atoms with van der Waals surface area (Å²) < 4.78 is 2.18. The summed E-state index contributed by atoms with van der Waals surface area (Å²) in [5.41, 5.74) is 4.75. The molecule has 1 saturated carbocycles. The Morgan fingerprint density at radius 3 is 2.57 bits per heavy atom. The number of nitrogens with one attached hydrogen (secondary N) is 2. The van der Waals surface area contributed by atoms with Gasteiger partial charge in [0.2, 0.25) is 0 Å². The molecular formula is C15H16LiN3O2-2. The Kier molecular flexibility index (Phi) is 5.98. The number of fused-ring (bicyclic) bond motifs is 1. The van der Waals surface area contributed by atoms with Crippen molar-refractivity contribution in [2.45, 2.75) is 18.8 Å². The number of carboxylic acid groups (broad SMARTS) is 1. The van der Waals surface area contributed by atoms with Crippen molar-refractivity contribution in [1.82, 2.24) is 9.83 Å². The number of carbonyl (C=O) groups is 1. The Morgan fingerprint density at radius 1 is 1.43 bits per heavy atom. The van der Waals surface area contributed by atoms with Gasteiger partial charge in [0, 0.05) is 0 Å². The smallest absolute Gasteiger partial charge is 0.589 e. The third-order valence-corrected chi connectivity index (χ3v) is 3.08. The van der Waals surface area contributed by atoms with Crippen LogP contribution >= 0.6 is 0 Å². The van der Waals surface area contributed by atoms with E-state index in [1.807, 2.05) is 0 Å². The second kappa shape index (κ2) is 7.28. The molecule has 0 radical (unpaired) electrons. The number of carboxylic acids is 1. The zero-order chi connectivity index (χ0) is 14.7. The first-order valence-corrected chi connectivity index (χ1v) is 6.23. The standard InChI is InChI=1S/C12H12N.C3H4N2O2.Li/c1-9-6-12-5-4-11(10-2-3-10)8-13(12)7-9;1-2(5-4)3(6)7;/h4-8,10H,1-3H2;1,4-5H,(H,6,7);/q-1;-2;+1. The van der Waals surface area contributed by atoms with E-state index < -0.39 is 11.7 Å². The Labute approximate surface area is 136 Å². The summed E-state index contributed by atoms with van der Waals surface area (Å²) in [6.07, 6.45) is 7.05. The second-order valence-electron chi connectivity index (χ2n) is 4.76.